The Labute approximate surface area is 126 Å². The lowest BCUT2D eigenvalue weighted by molar-refractivity contribution is 0.102. The highest BCUT2D eigenvalue weighted by Crippen LogP contribution is 2.22. The number of anilines is 1. The quantitative estimate of drug-likeness (QED) is 0.887. The summed E-state index contributed by atoms with van der Waals surface area (Å²) < 4.78 is 0. The van der Waals surface area contributed by atoms with Crippen molar-refractivity contribution in [3.8, 4) is 0 Å². The number of amides is 1. The van der Waals surface area contributed by atoms with Crippen LogP contribution in [0.25, 0.3) is 0 Å². The summed E-state index contributed by atoms with van der Waals surface area (Å²) in [6.45, 7) is 2.13. The van der Waals surface area contributed by atoms with Crippen LogP contribution in [0.1, 0.15) is 46.8 Å². The molecule has 1 amide bonds. The summed E-state index contributed by atoms with van der Waals surface area (Å²) in [5, 5.41) is 2.98. The van der Waals surface area contributed by atoms with Gasteiger partial charge >= 0.3 is 0 Å². The lowest BCUT2D eigenvalue weighted by Crippen LogP contribution is -2.13. The van der Waals surface area contributed by atoms with Gasteiger partial charge in [0, 0.05) is 11.3 Å². The number of hydrogen-bond donors (Lipinski definition) is 1. The first-order valence-corrected chi connectivity index (χ1v) is 7.78. The van der Waals surface area contributed by atoms with Gasteiger partial charge in [0.1, 0.15) is 0 Å². The van der Waals surface area contributed by atoms with Crippen LogP contribution < -0.4 is 5.32 Å². The smallest absolute Gasteiger partial charge is 0.255 e. The minimum atomic E-state index is -0.0207. The molecule has 1 aliphatic rings. The van der Waals surface area contributed by atoms with E-state index in [0.29, 0.717) is 0 Å². The minimum absolute atomic E-state index is 0.0207. The minimum Gasteiger partial charge on any atom is -0.322 e. The van der Waals surface area contributed by atoms with Crippen molar-refractivity contribution >= 4 is 11.6 Å². The molecule has 2 nitrogen and oxygen atoms in total. The van der Waals surface area contributed by atoms with Crippen LogP contribution in [0.3, 0.4) is 0 Å². The molecule has 0 spiro atoms. The molecule has 2 aromatic rings. The van der Waals surface area contributed by atoms with E-state index in [9.17, 15) is 4.79 Å². The summed E-state index contributed by atoms with van der Waals surface area (Å²) in [5.74, 6) is -0.0207. The van der Waals surface area contributed by atoms with E-state index in [2.05, 4.69) is 36.5 Å². The van der Waals surface area contributed by atoms with Crippen LogP contribution in [0.15, 0.2) is 42.5 Å². The molecule has 0 aliphatic heterocycles. The van der Waals surface area contributed by atoms with Crippen LogP contribution in [0.4, 0.5) is 5.69 Å². The molecule has 2 heteroatoms. The number of carbonyl (C=O) groups excluding carboxylic acids is 1. The molecule has 0 heterocycles. The largest absolute Gasteiger partial charge is 0.322 e. The second-order valence-corrected chi connectivity index (χ2v) is 5.70. The van der Waals surface area contributed by atoms with Crippen molar-refractivity contribution in [2.45, 2.75) is 39.0 Å². The van der Waals surface area contributed by atoms with Gasteiger partial charge in [0.15, 0.2) is 0 Å². The SMILES string of the molecule is CCc1ccc(NC(=O)c2ccc3c(c2)CCCC3)cc1. The number of fused-ring (bicyclic) bond motifs is 1. The van der Waals surface area contributed by atoms with Crippen molar-refractivity contribution in [3.05, 3.63) is 64.7 Å². The lowest BCUT2D eigenvalue weighted by Gasteiger charge is -2.16. The number of rotatable bonds is 3. The first-order valence-electron chi connectivity index (χ1n) is 7.78. The first-order chi connectivity index (χ1) is 10.3. The topological polar surface area (TPSA) is 29.1 Å². The van der Waals surface area contributed by atoms with E-state index in [0.717, 1.165) is 30.5 Å². The Bertz CT molecular complexity index is 643. The molecule has 1 N–H and O–H groups in total. The zero-order chi connectivity index (χ0) is 14.7. The summed E-state index contributed by atoms with van der Waals surface area (Å²) in [6.07, 6.45) is 5.76. The van der Waals surface area contributed by atoms with Gasteiger partial charge in [-0.05, 0) is 73.1 Å². The predicted octanol–water partition coefficient (Wildman–Crippen LogP) is 4.38. The number of nitrogens with one attached hydrogen (secondary N) is 1. The molecular formula is C19H21NO. The lowest BCUT2D eigenvalue weighted by atomic mass is 9.90. The molecule has 0 saturated carbocycles. The van der Waals surface area contributed by atoms with E-state index in [-0.39, 0.29) is 5.91 Å². The van der Waals surface area contributed by atoms with Gasteiger partial charge in [-0.25, -0.2) is 0 Å². The van der Waals surface area contributed by atoms with E-state index < -0.39 is 0 Å². The van der Waals surface area contributed by atoms with E-state index in [4.69, 9.17) is 0 Å². The molecule has 0 aromatic heterocycles. The van der Waals surface area contributed by atoms with Gasteiger partial charge in [0.25, 0.3) is 5.91 Å². The Hall–Kier alpha value is -2.09. The summed E-state index contributed by atoms with van der Waals surface area (Å²) in [6, 6.07) is 14.2. The molecule has 0 bridgehead atoms. The van der Waals surface area contributed by atoms with Gasteiger partial charge in [-0.2, -0.15) is 0 Å². The molecule has 108 valence electrons. The van der Waals surface area contributed by atoms with Crippen molar-refractivity contribution in [2.24, 2.45) is 0 Å². The molecule has 21 heavy (non-hydrogen) atoms. The van der Waals surface area contributed by atoms with Gasteiger partial charge < -0.3 is 5.32 Å². The Morgan fingerprint density at radius 1 is 1.00 bits per heavy atom. The average molecular weight is 279 g/mol. The van der Waals surface area contributed by atoms with Crippen LogP contribution in [0, 0.1) is 0 Å². The maximum atomic E-state index is 12.3. The van der Waals surface area contributed by atoms with E-state index in [1.165, 1.54) is 29.5 Å². The molecule has 2 aromatic carbocycles. The van der Waals surface area contributed by atoms with E-state index >= 15 is 0 Å². The average Bonchev–Trinajstić information content (AvgIpc) is 2.55. The molecule has 3 rings (SSSR count). The van der Waals surface area contributed by atoms with Gasteiger partial charge in [-0.15, -0.1) is 0 Å². The Balaban J connectivity index is 1.75. The zero-order valence-corrected chi connectivity index (χ0v) is 12.5. The van der Waals surface area contributed by atoms with Gasteiger partial charge in [0.2, 0.25) is 0 Å². The monoisotopic (exact) mass is 279 g/mol. The highest BCUT2D eigenvalue weighted by molar-refractivity contribution is 6.04. The zero-order valence-electron chi connectivity index (χ0n) is 12.5. The van der Waals surface area contributed by atoms with Crippen LogP contribution in [-0.2, 0) is 19.3 Å². The fourth-order valence-corrected chi connectivity index (χ4v) is 2.90. The van der Waals surface area contributed by atoms with Crippen molar-refractivity contribution < 1.29 is 4.79 Å². The highest BCUT2D eigenvalue weighted by Gasteiger charge is 2.12. The summed E-state index contributed by atoms with van der Waals surface area (Å²) in [7, 11) is 0. The number of hydrogen-bond acceptors (Lipinski definition) is 1. The molecule has 0 fully saturated rings. The summed E-state index contributed by atoms with van der Waals surface area (Å²) >= 11 is 0. The summed E-state index contributed by atoms with van der Waals surface area (Å²) in [5.41, 5.74) is 5.65. The van der Waals surface area contributed by atoms with Crippen molar-refractivity contribution in [2.75, 3.05) is 5.32 Å². The highest BCUT2D eigenvalue weighted by atomic mass is 16.1. The first kappa shape index (κ1) is 13.9. The maximum Gasteiger partial charge on any atom is 0.255 e. The van der Waals surface area contributed by atoms with Crippen molar-refractivity contribution in [1.29, 1.82) is 0 Å². The third kappa shape index (κ3) is 3.15. The third-order valence-electron chi connectivity index (χ3n) is 4.23. The predicted molar refractivity (Wildman–Crippen MR) is 86.9 cm³/mol. The second kappa shape index (κ2) is 6.13. The molecule has 0 saturated heterocycles. The normalized spacial score (nSPS) is 13.6. The Morgan fingerprint density at radius 3 is 2.43 bits per heavy atom. The Kier molecular flexibility index (Phi) is 4.05. The molecule has 0 radical (unpaired) electrons. The van der Waals surface area contributed by atoms with E-state index in [1.807, 2.05) is 18.2 Å². The second-order valence-electron chi connectivity index (χ2n) is 5.70. The number of carbonyl (C=O) groups is 1. The van der Waals surface area contributed by atoms with Crippen molar-refractivity contribution in [1.82, 2.24) is 0 Å². The molecule has 0 atom stereocenters. The maximum absolute atomic E-state index is 12.3. The molecule has 1 aliphatic carbocycles. The van der Waals surface area contributed by atoms with Gasteiger partial charge in [0.05, 0.1) is 0 Å². The van der Waals surface area contributed by atoms with Gasteiger partial charge in [-0.3, -0.25) is 4.79 Å². The third-order valence-corrected chi connectivity index (χ3v) is 4.23. The van der Waals surface area contributed by atoms with Crippen molar-refractivity contribution in [3.63, 3.8) is 0 Å². The van der Waals surface area contributed by atoms with E-state index in [1.54, 1.807) is 0 Å². The summed E-state index contributed by atoms with van der Waals surface area (Å²) in [4.78, 5) is 12.3. The van der Waals surface area contributed by atoms with Crippen LogP contribution >= 0.6 is 0 Å². The number of benzene rings is 2. The number of aryl methyl sites for hydroxylation is 3. The van der Waals surface area contributed by atoms with Crippen LogP contribution in [0.2, 0.25) is 0 Å². The molecule has 0 unspecified atom stereocenters. The van der Waals surface area contributed by atoms with Crippen LogP contribution in [-0.4, -0.2) is 5.91 Å². The van der Waals surface area contributed by atoms with Crippen LogP contribution in [0.5, 0.6) is 0 Å². The molecular weight excluding hydrogens is 258 g/mol. The fraction of sp³-hybridized carbons (Fsp3) is 0.316. The Morgan fingerprint density at radius 2 is 1.71 bits per heavy atom. The fourth-order valence-electron chi connectivity index (χ4n) is 2.90. The standard InChI is InChI=1S/C19H21NO/c1-2-14-7-11-18(12-8-14)20-19(21)17-10-9-15-5-3-4-6-16(15)13-17/h7-13H,2-6H2,1H3,(H,20,21). The van der Waals surface area contributed by atoms with Gasteiger partial charge in [-0.1, -0.05) is 25.1 Å².